The van der Waals surface area contributed by atoms with Gasteiger partial charge in [0.1, 0.15) is 10.0 Å². The summed E-state index contributed by atoms with van der Waals surface area (Å²) in [5.41, 5.74) is 2.44. The van der Waals surface area contributed by atoms with Gasteiger partial charge in [0, 0.05) is 37.4 Å². The molecule has 1 unspecified atom stereocenters. The Morgan fingerprint density at radius 3 is 2.67 bits per heavy atom. The highest BCUT2D eigenvalue weighted by atomic mass is 35.5. The second-order valence-electron chi connectivity index (χ2n) is 8.70. The fourth-order valence-electron chi connectivity index (χ4n) is 4.07. The van der Waals surface area contributed by atoms with Crippen molar-refractivity contribution in [3.8, 4) is 0 Å². The molecule has 1 fully saturated rings. The van der Waals surface area contributed by atoms with Gasteiger partial charge in [0.2, 0.25) is 0 Å². The lowest BCUT2D eigenvalue weighted by molar-refractivity contribution is 0.0398. The fourth-order valence-corrected chi connectivity index (χ4v) is 6.46. The number of anilines is 3. The zero-order valence-electron chi connectivity index (χ0n) is 20.6. The van der Waals surface area contributed by atoms with Gasteiger partial charge in [0.05, 0.1) is 41.5 Å². The molecule has 2 aromatic heterocycles. The molecule has 12 nitrogen and oxygen atoms in total. The van der Waals surface area contributed by atoms with Gasteiger partial charge in [-0.1, -0.05) is 17.7 Å². The van der Waals surface area contributed by atoms with Crippen molar-refractivity contribution in [1.29, 1.82) is 0 Å². The first-order chi connectivity index (χ1) is 18.8. The molecule has 4 heterocycles. The van der Waals surface area contributed by atoms with E-state index in [9.17, 15) is 18.3 Å². The number of rotatable bonds is 8. The van der Waals surface area contributed by atoms with Gasteiger partial charge < -0.3 is 20.5 Å². The average Bonchev–Trinajstić information content (AvgIpc) is 3.37. The van der Waals surface area contributed by atoms with E-state index in [-0.39, 0.29) is 9.90 Å². The number of carbonyl (C=O) groups excluding carboxylic acids is 1. The second kappa shape index (κ2) is 11.9. The van der Waals surface area contributed by atoms with Gasteiger partial charge in [-0.25, -0.2) is 27.9 Å². The molecule has 0 spiro atoms. The van der Waals surface area contributed by atoms with Gasteiger partial charge in [0.25, 0.3) is 10.0 Å². The number of sulfonamides is 1. The molecule has 2 aliphatic rings. The molecule has 1 atom stereocenters. The number of benzene rings is 1. The normalized spacial score (nSPS) is 17.5. The maximum absolute atomic E-state index is 12.3. The highest BCUT2D eigenvalue weighted by Crippen LogP contribution is 2.35. The quantitative estimate of drug-likeness (QED) is 0.310. The summed E-state index contributed by atoms with van der Waals surface area (Å²) < 4.78 is 32.1. The van der Waals surface area contributed by atoms with Crippen LogP contribution in [0.15, 0.2) is 57.9 Å². The maximum atomic E-state index is 12.3. The molecule has 0 saturated carbocycles. The van der Waals surface area contributed by atoms with E-state index < -0.39 is 22.3 Å². The molecule has 15 heteroatoms. The number of thiophene rings is 1. The number of aliphatic hydroxyl groups excluding tert-OH is 1. The smallest absolute Gasteiger partial charge is 0.333 e. The number of nitrogens with one attached hydrogen (secondary N) is 3. The van der Waals surface area contributed by atoms with Crippen LogP contribution in [0.25, 0.3) is 0 Å². The van der Waals surface area contributed by atoms with E-state index in [4.69, 9.17) is 16.3 Å². The van der Waals surface area contributed by atoms with Gasteiger partial charge in [-0.15, -0.1) is 11.3 Å². The summed E-state index contributed by atoms with van der Waals surface area (Å²) in [6.07, 6.45) is 1.82. The molecule has 1 saturated heterocycles. The van der Waals surface area contributed by atoms with Gasteiger partial charge in [-0.3, -0.25) is 9.80 Å². The van der Waals surface area contributed by atoms with Crippen molar-refractivity contribution >= 4 is 68.2 Å². The van der Waals surface area contributed by atoms with Crippen LogP contribution in [-0.4, -0.2) is 75.2 Å². The van der Waals surface area contributed by atoms with Gasteiger partial charge >= 0.3 is 6.03 Å². The Morgan fingerprint density at radius 1 is 1.15 bits per heavy atom. The number of urea groups is 1. The molecule has 1 aromatic carbocycles. The van der Waals surface area contributed by atoms with Crippen molar-refractivity contribution in [2.75, 3.05) is 54.9 Å². The molecular formula is C24H26ClN7O5S2. The van der Waals surface area contributed by atoms with Crippen LogP contribution < -0.4 is 20.3 Å². The van der Waals surface area contributed by atoms with Crippen LogP contribution in [0.4, 0.5) is 27.7 Å². The van der Waals surface area contributed by atoms with Gasteiger partial charge in [0.15, 0.2) is 6.23 Å². The van der Waals surface area contributed by atoms with Crippen molar-refractivity contribution in [3.63, 3.8) is 0 Å². The Kier molecular flexibility index (Phi) is 8.30. The van der Waals surface area contributed by atoms with Crippen LogP contribution in [0.5, 0.6) is 0 Å². The number of ether oxygens (including phenoxy) is 1. The number of fused-ring (bicyclic) bond motifs is 1. The third kappa shape index (κ3) is 6.66. The third-order valence-electron chi connectivity index (χ3n) is 6.06. The zero-order chi connectivity index (χ0) is 27.4. The monoisotopic (exact) mass is 591 g/mol. The lowest BCUT2D eigenvalue weighted by atomic mass is 10.1. The number of pyridine rings is 1. The lowest BCUT2D eigenvalue weighted by Gasteiger charge is -2.29. The summed E-state index contributed by atoms with van der Waals surface area (Å²) in [7, 11) is -4.05. The SMILES string of the molecule is O=C(Nc1ccc(N2C=Nc3cc(NCCN4CCOCC4)ccc3C2O)nc1)NS(=O)(=O)c1ccc(Cl)s1. The molecule has 5 rings (SSSR count). The van der Waals surface area contributed by atoms with E-state index in [1.807, 2.05) is 22.9 Å². The van der Waals surface area contributed by atoms with E-state index in [2.05, 4.69) is 25.5 Å². The second-order valence-corrected chi connectivity index (χ2v) is 12.3. The minimum Gasteiger partial charge on any atom is -0.384 e. The van der Waals surface area contributed by atoms with E-state index in [0.717, 1.165) is 56.4 Å². The number of hydrogen-bond donors (Lipinski definition) is 4. The molecule has 0 bridgehead atoms. The largest absolute Gasteiger partial charge is 0.384 e. The average molecular weight is 592 g/mol. The topological polar surface area (TPSA) is 148 Å². The first-order valence-corrected chi connectivity index (χ1v) is 14.7. The molecular weight excluding hydrogens is 566 g/mol. The third-order valence-corrected chi connectivity index (χ3v) is 9.12. The predicted molar refractivity (Wildman–Crippen MR) is 151 cm³/mol. The standard InChI is InChI=1S/C24H26ClN7O5S2/c25-20-4-6-22(38-20)39(35,36)30-24(34)29-17-2-5-21(27-14-17)32-15-28-19-13-16(1-3-18(19)23(32)33)26-7-8-31-9-11-37-12-10-31/h1-6,13-15,23,26,33H,7-12H2,(H2,29,30,34). The van der Waals surface area contributed by atoms with E-state index >= 15 is 0 Å². The maximum Gasteiger partial charge on any atom is 0.333 e. The van der Waals surface area contributed by atoms with Crippen LogP contribution >= 0.6 is 22.9 Å². The minimum atomic E-state index is -4.05. The highest BCUT2D eigenvalue weighted by Gasteiger charge is 2.25. The summed E-state index contributed by atoms with van der Waals surface area (Å²) in [4.78, 5) is 24.8. The number of hydrogen-bond acceptors (Lipinski definition) is 11. The Balaban J connectivity index is 1.17. The van der Waals surface area contributed by atoms with Crippen LogP contribution in [-0.2, 0) is 14.8 Å². The Bertz CT molecular complexity index is 1460. The van der Waals surface area contributed by atoms with Crippen molar-refractivity contribution in [2.24, 2.45) is 4.99 Å². The fraction of sp³-hybridized carbons (Fsp3) is 0.292. The van der Waals surface area contributed by atoms with Crippen molar-refractivity contribution < 1.29 is 23.1 Å². The summed E-state index contributed by atoms with van der Waals surface area (Å²) in [6, 6.07) is 10.5. The van der Waals surface area contributed by atoms with E-state index in [0.29, 0.717) is 21.4 Å². The van der Waals surface area contributed by atoms with Crippen molar-refractivity contribution in [3.05, 3.63) is 58.6 Å². The lowest BCUT2D eigenvalue weighted by Crippen LogP contribution is -2.39. The Labute approximate surface area is 234 Å². The summed E-state index contributed by atoms with van der Waals surface area (Å²) in [5.74, 6) is 0.386. The molecule has 39 heavy (non-hydrogen) atoms. The van der Waals surface area contributed by atoms with Crippen LogP contribution in [0.2, 0.25) is 4.34 Å². The summed E-state index contributed by atoms with van der Waals surface area (Å²) in [6.45, 7) is 5.10. The minimum absolute atomic E-state index is 0.0781. The van der Waals surface area contributed by atoms with Crippen LogP contribution in [0, 0.1) is 0 Å². The number of amides is 2. The van der Waals surface area contributed by atoms with Crippen LogP contribution in [0.1, 0.15) is 11.8 Å². The van der Waals surface area contributed by atoms with E-state index in [1.54, 1.807) is 6.07 Å². The number of nitrogens with zero attached hydrogens (tertiary/aromatic N) is 4. The Hall–Kier alpha value is -3.27. The number of halogens is 1. The first kappa shape index (κ1) is 27.3. The van der Waals surface area contributed by atoms with Gasteiger partial charge in [-0.2, -0.15) is 0 Å². The van der Waals surface area contributed by atoms with Gasteiger partial charge in [-0.05, 0) is 36.4 Å². The number of aliphatic hydroxyl groups is 1. The van der Waals surface area contributed by atoms with Crippen molar-refractivity contribution in [1.82, 2.24) is 14.6 Å². The van der Waals surface area contributed by atoms with Crippen molar-refractivity contribution in [2.45, 2.75) is 10.4 Å². The molecule has 2 aliphatic heterocycles. The summed E-state index contributed by atoms with van der Waals surface area (Å²) in [5, 5.41) is 16.8. The van der Waals surface area contributed by atoms with E-state index in [1.165, 1.54) is 35.6 Å². The predicted octanol–water partition coefficient (Wildman–Crippen LogP) is 3.22. The Morgan fingerprint density at radius 2 is 1.95 bits per heavy atom. The summed E-state index contributed by atoms with van der Waals surface area (Å²) >= 11 is 6.62. The number of morpholine rings is 1. The molecule has 4 N–H and O–H groups in total. The highest BCUT2D eigenvalue weighted by molar-refractivity contribution is 7.92. The molecule has 3 aromatic rings. The molecule has 0 radical (unpaired) electrons. The zero-order valence-corrected chi connectivity index (χ0v) is 23.0. The molecule has 0 aliphatic carbocycles. The first-order valence-electron chi connectivity index (χ1n) is 12.0. The van der Waals surface area contributed by atoms with Crippen LogP contribution in [0.3, 0.4) is 0 Å². The number of aromatic nitrogens is 1. The number of aliphatic imine (C=N–C) groups is 1. The molecule has 2 amide bonds. The number of carbonyl (C=O) groups is 1. The molecule has 206 valence electrons.